The first-order valence-electron chi connectivity index (χ1n) is 5.33. The van der Waals surface area contributed by atoms with Gasteiger partial charge in [-0.15, -0.1) is 0 Å². The van der Waals surface area contributed by atoms with Gasteiger partial charge in [0, 0.05) is 26.2 Å². The van der Waals surface area contributed by atoms with Gasteiger partial charge in [-0.25, -0.2) is 8.78 Å². The molecule has 0 saturated carbocycles. The molecule has 0 unspecified atom stereocenters. The van der Waals surface area contributed by atoms with Crippen molar-refractivity contribution >= 4 is 5.91 Å². The van der Waals surface area contributed by atoms with Crippen LogP contribution in [-0.4, -0.2) is 38.0 Å². The summed E-state index contributed by atoms with van der Waals surface area (Å²) in [5.74, 6) is -1.91. The standard InChI is InChI=1S/C12H16F2N2O/c1-8-6-9(11(14)7-10(8)13)12(17)16(3)5-4-15-2/h6-7,15H,4-5H2,1-3H3. The monoisotopic (exact) mass is 242 g/mol. The van der Waals surface area contributed by atoms with E-state index in [1.807, 2.05) is 0 Å². The third-order valence-electron chi connectivity index (χ3n) is 2.52. The molecule has 1 N–H and O–H groups in total. The molecule has 1 aromatic carbocycles. The second-order valence-corrected chi connectivity index (χ2v) is 3.91. The van der Waals surface area contributed by atoms with Crippen LogP contribution >= 0.6 is 0 Å². The molecule has 0 aliphatic rings. The van der Waals surface area contributed by atoms with Crippen LogP contribution < -0.4 is 5.32 Å². The number of nitrogens with zero attached hydrogens (tertiary/aromatic N) is 1. The van der Waals surface area contributed by atoms with E-state index in [0.29, 0.717) is 13.1 Å². The predicted molar refractivity (Wildman–Crippen MR) is 62.0 cm³/mol. The summed E-state index contributed by atoms with van der Waals surface area (Å²) in [6.07, 6.45) is 0. The Labute approximate surface area is 99.4 Å². The fraction of sp³-hybridized carbons (Fsp3) is 0.417. The molecule has 0 bridgehead atoms. The molecule has 0 fully saturated rings. The maximum Gasteiger partial charge on any atom is 0.256 e. The summed E-state index contributed by atoms with van der Waals surface area (Å²) in [5, 5.41) is 2.89. The molecule has 0 aliphatic carbocycles. The smallest absolute Gasteiger partial charge is 0.256 e. The van der Waals surface area contributed by atoms with E-state index in [0.717, 1.165) is 6.07 Å². The fourth-order valence-corrected chi connectivity index (χ4v) is 1.41. The summed E-state index contributed by atoms with van der Waals surface area (Å²) >= 11 is 0. The maximum absolute atomic E-state index is 13.5. The van der Waals surface area contributed by atoms with Crippen LogP contribution in [0.1, 0.15) is 15.9 Å². The molecular weight excluding hydrogens is 226 g/mol. The SMILES string of the molecule is CNCCN(C)C(=O)c1cc(C)c(F)cc1F. The second-order valence-electron chi connectivity index (χ2n) is 3.91. The molecule has 0 radical (unpaired) electrons. The summed E-state index contributed by atoms with van der Waals surface area (Å²) in [6.45, 7) is 2.58. The van der Waals surface area contributed by atoms with Crippen molar-refractivity contribution in [3.05, 3.63) is 34.9 Å². The van der Waals surface area contributed by atoms with Crippen LogP contribution in [0.2, 0.25) is 0 Å². The zero-order chi connectivity index (χ0) is 13.0. The third kappa shape index (κ3) is 3.23. The molecular formula is C12H16F2N2O. The Morgan fingerprint density at radius 2 is 2.00 bits per heavy atom. The molecule has 3 nitrogen and oxygen atoms in total. The summed E-state index contributed by atoms with van der Waals surface area (Å²) in [7, 11) is 3.35. The molecule has 1 rings (SSSR count). The number of amides is 1. The Balaban J connectivity index is 2.92. The molecule has 0 heterocycles. The Hall–Kier alpha value is -1.49. The minimum atomic E-state index is -0.825. The zero-order valence-corrected chi connectivity index (χ0v) is 10.2. The highest BCUT2D eigenvalue weighted by Crippen LogP contribution is 2.15. The van der Waals surface area contributed by atoms with Crippen molar-refractivity contribution in [2.75, 3.05) is 27.2 Å². The first-order valence-corrected chi connectivity index (χ1v) is 5.33. The number of hydrogen-bond acceptors (Lipinski definition) is 2. The van der Waals surface area contributed by atoms with Crippen LogP contribution in [0.25, 0.3) is 0 Å². The van der Waals surface area contributed by atoms with Crippen molar-refractivity contribution in [2.45, 2.75) is 6.92 Å². The normalized spacial score (nSPS) is 10.4. The van der Waals surface area contributed by atoms with Crippen molar-refractivity contribution in [1.29, 1.82) is 0 Å². The van der Waals surface area contributed by atoms with Crippen LogP contribution in [0.15, 0.2) is 12.1 Å². The van der Waals surface area contributed by atoms with E-state index in [1.54, 1.807) is 14.1 Å². The van der Waals surface area contributed by atoms with Crippen LogP contribution in [0.4, 0.5) is 8.78 Å². The molecule has 94 valence electrons. The van der Waals surface area contributed by atoms with E-state index < -0.39 is 17.5 Å². The molecule has 17 heavy (non-hydrogen) atoms. The summed E-state index contributed by atoms with van der Waals surface area (Å²) < 4.78 is 26.5. The number of rotatable bonds is 4. The van der Waals surface area contributed by atoms with Gasteiger partial charge in [-0.1, -0.05) is 0 Å². The molecule has 0 aliphatic heterocycles. The summed E-state index contributed by atoms with van der Waals surface area (Å²) in [4.78, 5) is 13.3. The lowest BCUT2D eigenvalue weighted by Gasteiger charge is -2.17. The lowest BCUT2D eigenvalue weighted by atomic mass is 10.1. The van der Waals surface area contributed by atoms with E-state index in [2.05, 4.69) is 5.32 Å². The fourth-order valence-electron chi connectivity index (χ4n) is 1.41. The van der Waals surface area contributed by atoms with E-state index >= 15 is 0 Å². The van der Waals surface area contributed by atoms with E-state index in [9.17, 15) is 13.6 Å². The highest BCUT2D eigenvalue weighted by atomic mass is 19.1. The lowest BCUT2D eigenvalue weighted by molar-refractivity contribution is 0.0792. The van der Waals surface area contributed by atoms with Crippen molar-refractivity contribution in [3.63, 3.8) is 0 Å². The van der Waals surface area contributed by atoms with Crippen molar-refractivity contribution in [2.24, 2.45) is 0 Å². The lowest BCUT2D eigenvalue weighted by Crippen LogP contribution is -2.33. The minimum Gasteiger partial charge on any atom is -0.340 e. The summed E-state index contributed by atoms with van der Waals surface area (Å²) in [5.41, 5.74) is 0.166. The van der Waals surface area contributed by atoms with E-state index in [1.165, 1.54) is 17.9 Å². The van der Waals surface area contributed by atoms with Gasteiger partial charge in [0.05, 0.1) is 5.56 Å². The van der Waals surface area contributed by atoms with Crippen molar-refractivity contribution in [3.8, 4) is 0 Å². The number of hydrogen-bond donors (Lipinski definition) is 1. The highest BCUT2D eigenvalue weighted by Gasteiger charge is 2.17. The Morgan fingerprint density at radius 3 is 2.59 bits per heavy atom. The minimum absolute atomic E-state index is 0.0949. The molecule has 1 aromatic rings. The Morgan fingerprint density at radius 1 is 1.35 bits per heavy atom. The second kappa shape index (κ2) is 5.72. The molecule has 0 aromatic heterocycles. The molecule has 0 saturated heterocycles. The van der Waals surface area contributed by atoms with Gasteiger partial charge in [-0.2, -0.15) is 0 Å². The molecule has 0 spiro atoms. The molecule has 5 heteroatoms. The Kier molecular flexibility index (Phi) is 4.57. The predicted octanol–water partition coefficient (Wildman–Crippen LogP) is 1.56. The van der Waals surface area contributed by atoms with Crippen LogP contribution in [0.5, 0.6) is 0 Å². The first-order chi connectivity index (χ1) is 7.97. The molecule has 0 atom stereocenters. The van der Waals surface area contributed by atoms with Gasteiger partial charge >= 0.3 is 0 Å². The van der Waals surface area contributed by atoms with Crippen LogP contribution in [0, 0.1) is 18.6 Å². The zero-order valence-electron chi connectivity index (χ0n) is 10.2. The third-order valence-corrected chi connectivity index (χ3v) is 2.52. The number of benzene rings is 1. The highest BCUT2D eigenvalue weighted by molar-refractivity contribution is 5.94. The largest absolute Gasteiger partial charge is 0.340 e. The molecule has 1 amide bonds. The summed E-state index contributed by atoms with van der Waals surface area (Å²) in [6, 6.07) is 1.98. The van der Waals surface area contributed by atoms with Gasteiger partial charge in [-0.05, 0) is 25.6 Å². The van der Waals surface area contributed by atoms with Crippen LogP contribution in [-0.2, 0) is 0 Å². The topological polar surface area (TPSA) is 32.3 Å². The van der Waals surface area contributed by atoms with Crippen molar-refractivity contribution in [1.82, 2.24) is 10.2 Å². The van der Waals surface area contributed by atoms with Crippen LogP contribution in [0.3, 0.4) is 0 Å². The van der Waals surface area contributed by atoms with Gasteiger partial charge < -0.3 is 10.2 Å². The Bertz CT molecular complexity index is 421. The van der Waals surface area contributed by atoms with Gasteiger partial charge in [0.15, 0.2) is 0 Å². The van der Waals surface area contributed by atoms with E-state index in [4.69, 9.17) is 0 Å². The number of carbonyl (C=O) groups is 1. The maximum atomic E-state index is 13.5. The van der Waals surface area contributed by atoms with Gasteiger partial charge in [0.1, 0.15) is 11.6 Å². The first kappa shape index (κ1) is 13.6. The number of likely N-dealkylation sites (N-methyl/N-ethyl adjacent to an activating group) is 2. The van der Waals surface area contributed by atoms with Gasteiger partial charge in [0.2, 0.25) is 0 Å². The van der Waals surface area contributed by atoms with Gasteiger partial charge in [-0.3, -0.25) is 4.79 Å². The van der Waals surface area contributed by atoms with Gasteiger partial charge in [0.25, 0.3) is 5.91 Å². The quantitative estimate of drug-likeness (QED) is 0.869. The average molecular weight is 242 g/mol. The van der Waals surface area contributed by atoms with Crippen molar-refractivity contribution < 1.29 is 13.6 Å². The number of aryl methyl sites for hydroxylation is 1. The number of halogens is 2. The number of nitrogens with one attached hydrogen (secondary N) is 1. The number of carbonyl (C=O) groups excluding carboxylic acids is 1. The average Bonchev–Trinajstić information content (AvgIpc) is 2.29. The van der Waals surface area contributed by atoms with E-state index in [-0.39, 0.29) is 11.1 Å².